The molecule has 0 amide bonds. The first-order valence-corrected chi connectivity index (χ1v) is 6.43. The number of rotatable bonds is 5. The Balaban J connectivity index is 2.14. The summed E-state index contributed by atoms with van der Waals surface area (Å²) in [6.07, 6.45) is 0.917. The molecule has 4 heteroatoms. The summed E-state index contributed by atoms with van der Waals surface area (Å²) in [5.74, 6) is 1.93. The van der Waals surface area contributed by atoms with Crippen molar-refractivity contribution in [3.8, 4) is 23.3 Å². The summed E-state index contributed by atoms with van der Waals surface area (Å²) in [6.45, 7) is 2.65. The van der Waals surface area contributed by atoms with E-state index in [1.54, 1.807) is 42.5 Å². The zero-order valence-corrected chi connectivity index (χ0v) is 11.3. The molecule has 0 atom stereocenters. The summed E-state index contributed by atoms with van der Waals surface area (Å²) < 4.78 is 11.3. The summed E-state index contributed by atoms with van der Waals surface area (Å²) in [4.78, 5) is 0. The topological polar surface area (TPSA) is 68.3 Å². The van der Waals surface area contributed by atoms with Gasteiger partial charge < -0.3 is 15.2 Å². The van der Waals surface area contributed by atoms with E-state index in [0.717, 1.165) is 6.42 Å². The smallest absolute Gasteiger partial charge is 0.145 e. The van der Waals surface area contributed by atoms with Gasteiger partial charge in [0.2, 0.25) is 0 Å². The van der Waals surface area contributed by atoms with Crippen LogP contribution in [-0.2, 0) is 0 Å². The van der Waals surface area contributed by atoms with E-state index in [9.17, 15) is 0 Å². The molecule has 2 N–H and O–H groups in total. The van der Waals surface area contributed by atoms with Crippen LogP contribution in [0.25, 0.3) is 0 Å². The quantitative estimate of drug-likeness (QED) is 0.839. The highest BCUT2D eigenvalue weighted by molar-refractivity contribution is 5.56. The molecule has 2 aromatic rings. The van der Waals surface area contributed by atoms with Crippen molar-refractivity contribution in [2.75, 3.05) is 12.3 Å². The Morgan fingerprint density at radius 2 is 1.80 bits per heavy atom. The summed E-state index contributed by atoms with van der Waals surface area (Å²) in [5.41, 5.74) is 7.03. The lowest BCUT2D eigenvalue weighted by Crippen LogP contribution is -1.99. The zero-order chi connectivity index (χ0) is 14.4. The van der Waals surface area contributed by atoms with Crippen molar-refractivity contribution in [3.05, 3.63) is 48.0 Å². The molecule has 0 spiro atoms. The summed E-state index contributed by atoms with van der Waals surface area (Å²) in [7, 11) is 0. The Morgan fingerprint density at radius 1 is 1.10 bits per heavy atom. The van der Waals surface area contributed by atoms with Gasteiger partial charge in [-0.1, -0.05) is 6.92 Å². The van der Waals surface area contributed by atoms with Crippen LogP contribution in [0.2, 0.25) is 0 Å². The number of ether oxygens (including phenoxy) is 2. The predicted octanol–water partition coefficient (Wildman–Crippen LogP) is 3.72. The molecular weight excluding hydrogens is 252 g/mol. The molecule has 102 valence electrons. The molecule has 20 heavy (non-hydrogen) atoms. The van der Waals surface area contributed by atoms with Crippen molar-refractivity contribution in [2.24, 2.45) is 0 Å². The second-order valence-corrected chi connectivity index (χ2v) is 4.29. The van der Waals surface area contributed by atoms with Gasteiger partial charge >= 0.3 is 0 Å². The molecule has 0 bridgehead atoms. The third kappa shape index (κ3) is 3.42. The van der Waals surface area contributed by atoms with Crippen LogP contribution in [0.15, 0.2) is 42.5 Å². The molecule has 0 aliphatic rings. The van der Waals surface area contributed by atoms with Gasteiger partial charge in [0.15, 0.2) is 0 Å². The van der Waals surface area contributed by atoms with Gasteiger partial charge in [-0.2, -0.15) is 5.26 Å². The van der Waals surface area contributed by atoms with Crippen LogP contribution in [0, 0.1) is 11.3 Å². The minimum atomic E-state index is 0.589. The summed E-state index contributed by atoms with van der Waals surface area (Å²) >= 11 is 0. The van der Waals surface area contributed by atoms with Gasteiger partial charge in [-0.15, -0.1) is 0 Å². The van der Waals surface area contributed by atoms with Crippen molar-refractivity contribution in [1.29, 1.82) is 5.26 Å². The van der Waals surface area contributed by atoms with Crippen LogP contribution in [0.5, 0.6) is 17.2 Å². The van der Waals surface area contributed by atoms with E-state index in [1.165, 1.54) is 0 Å². The number of anilines is 1. The normalized spacial score (nSPS) is 9.80. The van der Waals surface area contributed by atoms with Gasteiger partial charge in [0.05, 0.1) is 23.9 Å². The maximum absolute atomic E-state index is 8.75. The highest BCUT2D eigenvalue weighted by Crippen LogP contribution is 2.30. The number of benzene rings is 2. The summed E-state index contributed by atoms with van der Waals surface area (Å²) in [6, 6.07) is 14.3. The van der Waals surface area contributed by atoms with E-state index in [4.69, 9.17) is 20.5 Å². The first kappa shape index (κ1) is 13.8. The number of nitrogens with zero attached hydrogens (tertiary/aromatic N) is 1. The Labute approximate surface area is 118 Å². The molecule has 0 saturated carbocycles. The van der Waals surface area contributed by atoms with Gasteiger partial charge in [-0.3, -0.25) is 0 Å². The second kappa shape index (κ2) is 6.48. The first-order chi connectivity index (χ1) is 9.72. The minimum absolute atomic E-state index is 0.589. The van der Waals surface area contributed by atoms with E-state index < -0.39 is 0 Å². The zero-order valence-electron chi connectivity index (χ0n) is 11.3. The molecule has 0 unspecified atom stereocenters. The molecule has 2 rings (SSSR count). The van der Waals surface area contributed by atoms with E-state index >= 15 is 0 Å². The van der Waals surface area contributed by atoms with Crippen LogP contribution in [-0.4, -0.2) is 6.61 Å². The fraction of sp³-hybridized carbons (Fsp3) is 0.188. The van der Waals surface area contributed by atoms with Gasteiger partial charge in [0.25, 0.3) is 0 Å². The third-order valence-electron chi connectivity index (χ3n) is 2.67. The fourth-order valence-corrected chi connectivity index (χ4v) is 1.65. The van der Waals surface area contributed by atoms with Crippen LogP contribution < -0.4 is 15.2 Å². The average molecular weight is 268 g/mol. The molecule has 0 aliphatic carbocycles. The van der Waals surface area contributed by atoms with E-state index in [-0.39, 0.29) is 0 Å². The van der Waals surface area contributed by atoms with Crippen LogP contribution >= 0.6 is 0 Å². The number of nitriles is 1. The highest BCUT2D eigenvalue weighted by Gasteiger charge is 2.04. The van der Waals surface area contributed by atoms with Crippen LogP contribution in [0.3, 0.4) is 0 Å². The van der Waals surface area contributed by atoms with E-state index in [2.05, 4.69) is 6.07 Å². The molecule has 4 nitrogen and oxygen atoms in total. The summed E-state index contributed by atoms with van der Waals surface area (Å²) in [5, 5.41) is 8.75. The Kier molecular flexibility index (Phi) is 4.46. The second-order valence-electron chi connectivity index (χ2n) is 4.29. The SMILES string of the molecule is CCCOc1cc(Oc2ccc(C#N)cc2)ccc1N. The molecular formula is C16H16N2O2. The van der Waals surface area contributed by atoms with Gasteiger partial charge in [0.1, 0.15) is 17.2 Å². The van der Waals surface area contributed by atoms with Crippen LogP contribution in [0.1, 0.15) is 18.9 Å². The molecule has 0 saturated heterocycles. The van der Waals surface area contributed by atoms with Crippen LogP contribution in [0.4, 0.5) is 5.69 Å². The lowest BCUT2D eigenvalue weighted by Gasteiger charge is -2.11. The standard InChI is InChI=1S/C16H16N2O2/c1-2-9-19-16-10-14(7-8-15(16)18)20-13-5-3-12(11-17)4-6-13/h3-8,10H,2,9,18H2,1H3. The molecule has 0 fully saturated rings. The number of hydrogen-bond acceptors (Lipinski definition) is 4. The van der Waals surface area contributed by atoms with Gasteiger partial charge in [-0.05, 0) is 42.8 Å². The van der Waals surface area contributed by atoms with Crippen molar-refractivity contribution in [3.63, 3.8) is 0 Å². The maximum atomic E-state index is 8.75. The third-order valence-corrected chi connectivity index (χ3v) is 2.67. The lowest BCUT2D eigenvalue weighted by atomic mass is 10.2. The van der Waals surface area contributed by atoms with Crippen molar-refractivity contribution in [1.82, 2.24) is 0 Å². The lowest BCUT2D eigenvalue weighted by molar-refractivity contribution is 0.317. The monoisotopic (exact) mass is 268 g/mol. The molecule has 0 radical (unpaired) electrons. The molecule has 0 aliphatic heterocycles. The largest absolute Gasteiger partial charge is 0.491 e. The van der Waals surface area contributed by atoms with E-state index in [0.29, 0.717) is 35.1 Å². The molecule has 2 aromatic carbocycles. The fourth-order valence-electron chi connectivity index (χ4n) is 1.65. The average Bonchev–Trinajstić information content (AvgIpc) is 2.48. The highest BCUT2D eigenvalue weighted by atomic mass is 16.5. The first-order valence-electron chi connectivity index (χ1n) is 6.43. The van der Waals surface area contributed by atoms with Crippen molar-refractivity contribution in [2.45, 2.75) is 13.3 Å². The Morgan fingerprint density at radius 3 is 2.45 bits per heavy atom. The molecule has 0 aromatic heterocycles. The van der Waals surface area contributed by atoms with Gasteiger partial charge in [-0.25, -0.2) is 0 Å². The Bertz CT molecular complexity index is 615. The minimum Gasteiger partial charge on any atom is -0.491 e. The maximum Gasteiger partial charge on any atom is 0.145 e. The number of nitrogen functional groups attached to an aromatic ring is 1. The Hall–Kier alpha value is -2.67. The molecule has 0 heterocycles. The number of nitrogens with two attached hydrogens (primary N) is 1. The van der Waals surface area contributed by atoms with E-state index in [1.807, 2.05) is 6.92 Å². The van der Waals surface area contributed by atoms with Crippen molar-refractivity contribution >= 4 is 5.69 Å². The predicted molar refractivity (Wildman–Crippen MR) is 77.9 cm³/mol. The van der Waals surface area contributed by atoms with Gasteiger partial charge in [0, 0.05) is 6.07 Å². The number of hydrogen-bond donors (Lipinski definition) is 1. The van der Waals surface area contributed by atoms with Crippen molar-refractivity contribution < 1.29 is 9.47 Å².